The van der Waals surface area contributed by atoms with Gasteiger partial charge in [0.25, 0.3) is 6.47 Å². The van der Waals surface area contributed by atoms with Crippen molar-refractivity contribution in [3.63, 3.8) is 0 Å². The summed E-state index contributed by atoms with van der Waals surface area (Å²) in [7, 11) is 10.6. The third-order valence-electron chi connectivity index (χ3n) is 19.5. The maximum absolute atomic E-state index is 15.3. The third-order valence-corrected chi connectivity index (χ3v) is 20.7. The van der Waals surface area contributed by atoms with Gasteiger partial charge < -0.3 is 104 Å². The molecule has 37 heteroatoms. The maximum Gasteiger partial charge on any atom is 1.00 e. The van der Waals surface area contributed by atoms with Gasteiger partial charge in [0.15, 0.2) is 80.5 Å². The Balaban J connectivity index is 0.000000911. The van der Waals surface area contributed by atoms with Gasteiger partial charge in [-0.25, -0.2) is 17.6 Å². The van der Waals surface area contributed by atoms with Gasteiger partial charge in [0.2, 0.25) is 11.8 Å². The van der Waals surface area contributed by atoms with E-state index in [1.54, 1.807) is 175 Å². The molecule has 0 saturated heterocycles. The van der Waals surface area contributed by atoms with E-state index in [1.807, 2.05) is 60.7 Å². The molecule has 11 aromatic rings. The first-order valence-electron chi connectivity index (χ1n) is 42.8. The van der Waals surface area contributed by atoms with Crippen molar-refractivity contribution in [1.29, 1.82) is 26.6 Å². The molecule has 0 aromatic heterocycles. The van der Waals surface area contributed by atoms with Crippen LogP contribution >= 0.6 is 31.9 Å². The van der Waals surface area contributed by atoms with Crippen LogP contribution in [-0.4, -0.2) is 136 Å². The molecule has 0 radical (unpaired) electrons. The molecule has 142 heavy (non-hydrogen) atoms. The molecule has 0 spiro atoms. The molecule has 0 fully saturated rings. The Bertz CT molecular complexity index is 5680. The van der Waals surface area contributed by atoms with Crippen molar-refractivity contribution in [3.05, 3.63) is 307 Å². The zero-order valence-corrected chi connectivity index (χ0v) is 89.4. The number of hydrogen-bond donors (Lipinski definition) is 6. The quantitative estimate of drug-likeness (QED) is 0.00314. The number of aliphatic hydroxyl groups excluding tert-OH is 1. The van der Waals surface area contributed by atoms with Crippen LogP contribution < -0.4 is 181 Å². The molecule has 748 valence electrons. The van der Waals surface area contributed by atoms with Crippen molar-refractivity contribution in [2.45, 2.75) is 112 Å². The number of halogens is 6. The Labute approximate surface area is 930 Å². The second-order valence-electron chi connectivity index (χ2n) is 28.5. The van der Waals surface area contributed by atoms with Gasteiger partial charge in [-0.2, -0.15) is 15.8 Å². The van der Waals surface area contributed by atoms with Crippen LogP contribution in [0.15, 0.2) is 210 Å². The van der Waals surface area contributed by atoms with Crippen molar-refractivity contribution in [3.8, 4) is 98.7 Å². The van der Waals surface area contributed by atoms with E-state index >= 15 is 8.78 Å². The molecule has 0 atom stereocenters. The molecule has 0 unspecified atom stereocenters. The van der Waals surface area contributed by atoms with E-state index in [0.717, 1.165) is 61.3 Å². The minimum absolute atomic E-state index is 0. The van der Waals surface area contributed by atoms with Crippen LogP contribution in [0.1, 0.15) is 146 Å². The van der Waals surface area contributed by atoms with Gasteiger partial charge in [0, 0.05) is 118 Å². The summed E-state index contributed by atoms with van der Waals surface area (Å²) in [6.45, 7) is 9.07. The summed E-state index contributed by atoms with van der Waals surface area (Å²) in [6, 6.07) is 62.0. The summed E-state index contributed by atoms with van der Waals surface area (Å²) in [5, 5.41) is 68.5. The number of alkyl halides is 2. The SMILES string of the molecule is C.C.CCO.CCOC(=N)c1ccc(OCc2cccc(COc3ccc(C(=N)OCC)cc3OC)c2F)c(OC)c1.COc1cc(C#N)ccc1O.COc1cc(C#N)ccc1OCc1cccc(COc2ccc(C#N)cc2OC)c1F.COc1cc(C2=NCCC2)ccc1OCc1cccc(COc2ccc(C3=NCCC3)cc2OC)c1F.Fc1c(CBr)cccc1CBr.NCCN.O=CO[O-].[H-].[K+].[K+]. The third kappa shape index (κ3) is 40.4. The van der Waals surface area contributed by atoms with Gasteiger partial charge in [0.1, 0.15) is 62.9 Å². The second kappa shape index (κ2) is 71.1. The van der Waals surface area contributed by atoms with Crippen LogP contribution in [-0.2, 0) is 69.5 Å². The van der Waals surface area contributed by atoms with Crippen LogP contribution in [0.25, 0.3) is 0 Å². The van der Waals surface area contributed by atoms with Crippen molar-refractivity contribution in [2.24, 2.45) is 21.5 Å². The van der Waals surface area contributed by atoms with Crippen molar-refractivity contribution in [1.82, 2.24) is 0 Å². The number of nitrogens with one attached hydrogen (secondary N) is 2. The number of phenols is 1. The van der Waals surface area contributed by atoms with Gasteiger partial charge in [-0.1, -0.05) is 120 Å². The summed E-state index contributed by atoms with van der Waals surface area (Å²) < 4.78 is 141. The number of carbonyl (C=O) groups is 1. The van der Waals surface area contributed by atoms with Crippen LogP contribution in [0.5, 0.6) is 80.5 Å². The minimum Gasteiger partial charge on any atom is -1.00 e. The van der Waals surface area contributed by atoms with Crippen LogP contribution in [0.2, 0.25) is 0 Å². The molecular weight excluding hydrogens is 2020 g/mol. The molecule has 2 aliphatic rings. The number of rotatable bonds is 35. The van der Waals surface area contributed by atoms with Crippen molar-refractivity contribution in [2.75, 3.05) is 95.8 Å². The first-order chi connectivity index (χ1) is 67.0. The van der Waals surface area contributed by atoms with Crippen LogP contribution in [0.4, 0.5) is 17.6 Å². The van der Waals surface area contributed by atoms with Gasteiger partial charge in [-0.15, -0.1) is 0 Å². The smallest absolute Gasteiger partial charge is 1.00 e. The Kier molecular flexibility index (Phi) is 63.5. The van der Waals surface area contributed by atoms with Crippen LogP contribution in [0.3, 0.4) is 0 Å². The molecule has 0 aliphatic carbocycles. The molecule has 29 nitrogen and oxygen atoms in total. The first kappa shape index (κ1) is 127. The Hall–Kier alpha value is -11.4. The molecule has 0 amide bonds. The van der Waals surface area contributed by atoms with E-state index < -0.39 is 11.6 Å². The average Bonchev–Trinajstić information content (AvgIpc) is 1.81. The molecular formula is C105H119Br2F4K2N9O20. The predicted octanol–water partition coefficient (Wildman–Crippen LogP) is 14.3. The zero-order chi connectivity index (χ0) is 101. The number of hydrogen-bond acceptors (Lipinski definition) is 29. The number of carbonyl (C=O) groups excluding carboxylic acids is 1. The fourth-order valence-corrected chi connectivity index (χ4v) is 13.5. The molecule has 11 aromatic carbocycles. The number of nitriles is 3. The van der Waals surface area contributed by atoms with Gasteiger partial charge in [-0.05, 0) is 178 Å². The number of nitrogens with two attached hydrogens (primary N) is 2. The molecule has 8 N–H and O–H groups in total. The average molecular weight is 2140 g/mol. The number of aromatic hydroxyl groups is 1. The fourth-order valence-electron chi connectivity index (χ4n) is 12.6. The van der Waals surface area contributed by atoms with E-state index in [9.17, 15) is 8.78 Å². The minimum atomic E-state index is -0.442. The van der Waals surface area contributed by atoms with E-state index in [2.05, 4.69) is 46.7 Å². The predicted molar refractivity (Wildman–Crippen MR) is 534 cm³/mol. The number of benzene rings is 11. The Morgan fingerprint density at radius 1 is 0.415 bits per heavy atom. The fraction of sp³-hybridized carbons (Fsp3) is 0.295. The van der Waals surface area contributed by atoms with Crippen molar-refractivity contribution < 1.29 is 218 Å². The normalized spacial score (nSPS) is 10.7. The molecule has 0 saturated carbocycles. The van der Waals surface area contributed by atoms with Crippen LogP contribution in [0, 0.1) is 68.1 Å². The summed E-state index contributed by atoms with van der Waals surface area (Å²) in [5.74, 6) is 4.67. The van der Waals surface area contributed by atoms with E-state index in [0.29, 0.717) is 184 Å². The molecule has 0 bridgehead atoms. The zero-order valence-electron chi connectivity index (χ0n) is 81.0. The van der Waals surface area contributed by atoms with Gasteiger partial charge in [0.05, 0.1) is 97.9 Å². The largest absolute Gasteiger partial charge is 1.00 e. The second-order valence-corrected chi connectivity index (χ2v) is 29.6. The van der Waals surface area contributed by atoms with Gasteiger partial charge in [-0.3, -0.25) is 25.6 Å². The standard InChI is InChI=1S/C30H31FN2O4.C28H31FN2O6.C24H19FN2O4.C8H7Br2F.C8H7NO2.C2H8N2.C2H6O.CH2O3.2CH4.2K.H/c1-34-28-16-20(24-8-4-14-32-24)10-12-26(28)36-18-22-6-3-7-23(30(22)31)19-37-27-13-11-21(17-29(27)35-2)25-9-5-15-33-25;1-5-34-27(30)18-10-12-22(24(14-18)32-3)36-16-20-8-7-9-21(26(20)29)17-37-23-13-11-19(15-25(23)33-4)28(31)35-6-2;1-28-22-10-16(12-26)6-8-20(22)30-14-18-4-3-5-19(24(18)25)15-31-21-9-7-17(13-27)11-23(21)29-2;9-4-6-2-1-3-7(5-10)8(6)11;1-11-8-4-6(5-9)2-3-7(8)10;3-1-2-4;1-2-3;2-1-4-3;;;;;/h3,6-7,10-13,16-17H,4-5,8-9,14-15,18-19H2,1-2H3;7-15,30-31H,5-6,16-17H2,1-4H3;3-11H,14-15H2,1-2H3;1-3H,4-5H2;2-4,10H,1H3;1-4H2;3H,2H2,1H3;1,3H;2*1H4;;;/q;;;;;;;;;;2*+1;-1/p-1. The monoisotopic (exact) mass is 2140 g/mol. The first-order valence-corrected chi connectivity index (χ1v) is 45.1. The van der Waals surface area contributed by atoms with E-state index in [-0.39, 0.29) is 201 Å². The van der Waals surface area contributed by atoms with Gasteiger partial charge >= 0.3 is 103 Å². The number of nitrogens with zero attached hydrogens (tertiary/aromatic N) is 5. The number of phenolic OH excluding ortho intramolecular Hbond substituents is 1. The molecule has 2 heterocycles. The van der Waals surface area contributed by atoms with Crippen molar-refractivity contribution >= 4 is 61.6 Å². The summed E-state index contributed by atoms with van der Waals surface area (Å²) in [4.78, 5) is 20.3. The molecule has 13 rings (SSSR count). The number of aliphatic hydroxyl groups is 1. The number of methoxy groups -OCH3 is 7. The topological polar surface area (TPSA) is 424 Å². The van der Waals surface area contributed by atoms with E-state index in [1.165, 1.54) is 53.7 Å². The maximum atomic E-state index is 15.3. The number of ether oxygens (including phenoxy) is 15. The summed E-state index contributed by atoms with van der Waals surface area (Å²) in [6.07, 6.45) is 4.08. The van der Waals surface area contributed by atoms with E-state index in [4.69, 9.17) is 129 Å². The summed E-state index contributed by atoms with van der Waals surface area (Å²) >= 11 is 6.43. The number of aliphatic imine (C=N–C) groups is 2. The Morgan fingerprint density at radius 3 is 0.908 bits per heavy atom. The summed E-state index contributed by atoms with van der Waals surface area (Å²) in [5.41, 5.74) is 20.2. The Morgan fingerprint density at radius 2 is 0.662 bits per heavy atom. The molecule has 2 aliphatic heterocycles.